The van der Waals surface area contributed by atoms with E-state index in [0.29, 0.717) is 11.7 Å². The summed E-state index contributed by atoms with van der Waals surface area (Å²) in [7, 11) is 0. The highest BCUT2D eigenvalue weighted by molar-refractivity contribution is 6.30. The van der Waals surface area contributed by atoms with Gasteiger partial charge in [-0.15, -0.1) is 0 Å². The molecule has 0 unspecified atom stereocenters. The summed E-state index contributed by atoms with van der Waals surface area (Å²) in [5.41, 5.74) is 0.796. The molecule has 0 radical (unpaired) electrons. The zero-order chi connectivity index (χ0) is 10.7. The van der Waals surface area contributed by atoms with Gasteiger partial charge in [-0.2, -0.15) is 0 Å². The van der Waals surface area contributed by atoms with Crippen LogP contribution in [-0.4, -0.2) is 9.55 Å². The van der Waals surface area contributed by atoms with E-state index in [4.69, 9.17) is 11.6 Å². The Balaban J connectivity index is 2.34. The van der Waals surface area contributed by atoms with E-state index in [2.05, 4.69) is 4.98 Å². The SMILES string of the molecule is O=c1ccccn1Cc1cccnc1Cl. The Labute approximate surface area is 92.0 Å². The number of hydrogen-bond donors (Lipinski definition) is 0. The fourth-order valence-electron chi connectivity index (χ4n) is 1.31. The molecule has 4 heteroatoms. The van der Waals surface area contributed by atoms with Gasteiger partial charge in [-0.1, -0.05) is 23.7 Å². The van der Waals surface area contributed by atoms with E-state index < -0.39 is 0 Å². The first-order chi connectivity index (χ1) is 7.27. The molecule has 0 atom stereocenters. The molecule has 0 aliphatic carbocycles. The van der Waals surface area contributed by atoms with Crippen LogP contribution in [0.15, 0.2) is 47.5 Å². The minimum atomic E-state index is -0.0441. The monoisotopic (exact) mass is 220 g/mol. The van der Waals surface area contributed by atoms with Gasteiger partial charge in [0.05, 0.1) is 6.54 Å². The molecule has 0 spiro atoms. The van der Waals surface area contributed by atoms with Crippen LogP contribution in [0.2, 0.25) is 5.15 Å². The van der Waals surface area contributed by atoms with Crippen molar-refractivity contribution in [1.29, 1.82) is 0 Å². The van der Waals surface area contributed by atoms with Crippen molar-refractivity contribution in [2.75, 3.05) is 0 Å². The Kier molecular flexibility index (Phi) is 2.83. The summed E-state index contributed by atoms with van der Waals surface area (Å²) in [6.45, 7) is 0.451. The highest BCUT2D eigenvalue weighted by Crippen LogP contribution is 2.11. The molecule has 0 aromatic carbocycles. The molecule has 0 bridgehead atoms. The predicted molar refractivity (Wildman–Crippen MR) is 59.1 cm³/mol. The average molecular weight is 221 g/mol. The molecule has 3 nitrogen and oxygen atoms in total. The van der Waals surface area contributed by atoms with E-state index >= 15 is 0 Å². The summed E-state index contributed by atoms with van der Waals surface area (Å²) in [4.78, 5) is 15.4. The topological polar surface area (TPSA) is 34.9 Å². The van der Waals surface area contributed by atoms with Crippen molar-refractivity contribution in [2.24, 2.45) is 0 Å². The predicted octanol–water partition coefficient (Wildman–Crippen LogP) is 1.95. The molecule has 0 amide bonds. The zero-order valence-electron chi connectivity index (χ0n) is 7.93. The molecule has 0 saturated heterocycles. The normalized spacial score (nSPS) is 10.2. The highest BCUT2D eigenvalue weighted by atomic mass is 35.5. The summed E-state index contributed by atoms with van der Waals surface area (Å²) >= 11 is 5.90. The molecule has 2 rings (SSSR count). The summed E-state index contributed by atoms with van der Waals surface area (Å²) in [5, 5.41) is 0.438. The second-order valence-electron chi connectivity index (χ2n) is 3.12. The minimum absolute atomic E-state index is 0.0441. The van der Waals surface area contributed by atoms with Gasteiger partial charge in [0.1, 0.15) is 5.15 Å². The van der Waals surface area contributed by atoms with E-state index in [-0.39, 0.29) is 5.56 Å². The molecule has 0 fully saturated rings. The van der Waals surface area contributed by atoms with E-state index in [1.54, 1.807) is 29.1 Å². The quantitative estimate of drug-likeness (QED) is 0.725. The molecule has 0 aliphatic rings. The van der Waals surface area contributed by atoms with E-state index in [9.17, 15) is 4.79 Å². The van der Waals surface area contributed by atoms with Gasteiger partial charge in [0, 0.05) is 24.0 Å². The van der Waals surface area contributed by atoms with Crippen LogP contribution in [-0.2, 0) is 6.54 Å². The lowest BCUT2D eigenvalue weighted by molar-refractivity contribution is 0.756. The zero-order valence-corrected chi connectivity index (χ0v) is 8.69. The van der Waals surface area contributed by atoms with Crippen LogP contribution in [0.4, 0.5) is 0 Å². The molecule has 2 heterocycles. The Morgan fingerprint density at radius 1 is 1.27 bits per heavy atom. The van der Waals surface area contributed by atoms with Gasteiger partial charge in [-0.05, 0) is 12.1 Å². The third kappa shape index (κ3) is 2.25. The first kappa shape index (κ1) is 9.93. The Bertz CT molecular complexity index is 522. The Morgan fingerprint density at radius 2 is 2.13 bits per heavy atom. The third-order valence-electron chi connectivity index (χ3n) is 2.08. The second-order valence-corrected chi connectivity index (χ2v) is 3.48. The standard InChI is InChI=1S/C11H9ClN2O/c12-11-9(4-3-6-13-11)8-14-7-2-1-5-10(14)15/h1-7H,8H2. The van der Waals surface area contributed by atoms with Gasteiger partial charge in [0.15, 0.2) is 0 Å². The first-order valence-electron chi connectivity index (χ1n) is 4.52. The molecule has 0 N–H and O–H groups in total. The molecular formula is C11H9ClN2O. The maximum atomic E-state index is 11.4. The third-order valence-corrected chi connectivity index (χ3v) is 2.42. The van der Waals surface area contributed by atoms with Crippen molar-refractivity contribution >= 4 is 11.6 Å². The fourth-order valence-corrected chi connectivity index (χ4v) is 1.49. The van der Waals surface area contributed by atoms with Crippen LogP contribution in [0.5, 0.6) is 0 Å². The van der Waals surface area contributed by atoms with Crippen molar-refractivity contribution in [2.45, 2.75) is 6.54 Å². The molecule has 15 heavy (non-hydrogen) atoms. The summed E-state index contributed by atoms with van der Waals surface area (Å²) in [6, 6.07) is 8.70. The van der Waals surface area contributed by atoms with Crippen LogP contribution in [0.3, 0.4) is 0 Å². The molecule has 2 aromatic rings. The largest absolute Gasteiger partial charge is 0.311 e. The van der Waals surface area contributed by atoms with Crippen LogP contribution in [0.25, 0.3) is 0 Å². The van der Waals surface area contributed by atoms with Crippen molar-refractivity contribution < 1.29 is 0 Å². The van der Waals surface area contributed by atoms with Crippen LogP contribution in [0.1, 0.15) is 5.56 Å². The molecule has 0 saturated carbocycles. The lowest BCUT2D eigenvalue weighted by Gasteiger charge is -2.05. The van der Waals surface area contributed by atoms with Gasteiger partial charge in [0.25, 0.3) is 5.56 Å². The number of pyridine rings is 2. The lowest BCUT2D eigenvalue weighted by atomic mass is 10.3. The van der Waals surface area contributed by atoms with E-state index in [1.807, 2.05) is 12.1 Å². The minimum Gasteiger partial charge on any atom is -0.311 e. The van der Waals surface area contributed by atoms with Gasteiger partial charge in [0.2, 0.25) is 0 Å². The number of nitrogens with zero attached hydrogens (tertiary/aromatic N) is 2. The van der Waals surface area contributed by atoms with Gasteiger partial charge in [-0.25, -0.2) is 4.98 Å². The van der Waals surface area contributed by atoms with Crippen LogP contribution < -0.4 is 5.56 Å². The Hall–Kier alpha value is -1.61. The van der Waals surface area contributed by atoms with Crippen molar-refractivity contribution in [3.8, 4) is 0 Å². The number of rotatable bonds is 2. The summed E-state index contributed by atoms with van der Waals surface area (Å²) in [6.07, 6.45) is 3.35. The van der Waals surface area contributed by atoms with Crippen molar-refractivity contribution in [1.82, 2.24) is 9.55 Å². The average Bonchev–Trinajstić information content (AvgIpc) is 2.24. The number of hydrogen-bond acceptors (Lipinski definition) is 2. The van der Waals surface area contributed by atoms with Crippen molar-refractivity contribution in [3.63, 3.8) is 0 Å². The van der Waals surface area contributed by atoms with Crippen molar-refractivity contribution in [3.05, 3.63) is 63.8 Å². The van der Waals surface area contributed by atoms with Gasteiger partial charge >= 0.3 is 0 Å². The van der Waals surface area contributed by atoms with Crippen LogP contribution >= 0.6 is 11.6 Å². The second kappa shape index (κ2) is 4.28. The smallest absolute Gasteiger partial charge is 0.250 e. The van der Waals surface area contributed by atoms with Crippen LogP contribution in [0, 0.1) is 0 Å². The fraction of sp³-hybridized carbons (Fsp3) is 0.0909. The Morgan fingerprint density at radius 3 is 2.87 bits per heavy atom. The molecular weight excluding hydrogens is 212 g/mol. The maximum absolute atomic E-state index is 11.4. The summed E-state index contributed by atoms with van der Waals surface area (Å²) < 4.78 is 1.59. The van der Waals surface area contributed by atoms with E-state index in [0.717, 1.165) is 5.56 Å². The molecule has 0 aliphatic heterocycles. The van der Waals surface area contributed by atoms with Gasteiger partial charge in [-0.3, -0.25) is 4.79 Å². The summed E-state index contributed by atoms with van der Waals surface area (Å²) in [5.74, 6) is 0. The highest BCUT2D eigenvalue weighted by Gasteiger charge is 2.01. The lowest BCUT2D eigenvalue weighted by Crippen LogP contribution is -2.18. The maximum Gasteiger partial charge on any atom is 0.250 e. The van der Waals surface area contributed by atoms with E-state index in [1.165, 1.54) is 6.07 Å². The molecule has 2 aromatic heterocycles. The first-order valence-corrected chi connectivity index (χ1v) is 4.90. The molecule has 76 valence electrons. The number of aromatic nitrogens is 2. The number of halogens is 1. The van der Waals surface area contributed by atoms with Gasteiger partial charge < -0.3 is 4.57 Å².